The second-order valence-corrected chi connectivity index (χ2v) is 5.56. The van der Waals surface area contributed by atoms with Crippen LogP contribution in [0.3, 0.4) is 0 Å². The molecule has 0 spiro atoms. The first-order chi connectivity index (χ1) is 7.79. The zero-order chi connectivity index (χ0) is 11.4. The molecule has 0 aromatic heterocycles. The molecule has 2 nitrogen and oxygen atoms in total. The van der Waals surface area contributed by atoms with E-state index in [0.717, 1.165) is 38.3 Å². The van der Waals surface area contributed by atoms with Gasteiger partial charge < -0.3 is 4.90 Å². The van der Waals surface area contributed by atoms with Gasteiger partial charge in [0.15, 0.2) is 0 Å². The van der Waals surface area contributed by atoms with Crippen molar-refractivity contribution in [1.29, 1.82) is 0 Å². The zero-order valence-electron chi connectivity index (χ0n) is 10.6. The van der Waals surface area contributed by atoms with Gasteiger partial charge in [0.1, 0.15) is 5.78 Å². The lowest BCUT2D eigenvalue weighted by molar-refractivity contribution is -0.125. The predicted octanol–water partition coefficient (Wildman–Crippen LogP) is 2.87. The molecule has 0 bridgehead atoms. The van der Waals surface area contributed by atoms with Crippen molar-refractivity contribution in [3.63, 3.8) is 0 Å². The lowest BCUT2D eigenvalue weighted by atomic mass is 9.84. The van der Waals surface area contributed by atoms with E-state index in [2.05, 4.69) is 11.8 Å². The number of hydrogen-bond acceptors (Lipinski definition) is 2. The lowest BCUT2D eigenvalue weighted by Gasteiger charge is -2.34. The maximum Gasteiger partial charge on any atom is 0.137 e. The van der Waals surface area contributed by atoms with Gasteiger partial charge in [-0.3, -0.25) is 4.79 Å². The third-order valence-corrected chi connectivity index (χ3v) is 4.35. The molecule has 0 heterocycles. The van der Waals surface area contributed by atoms with Gasteiger partial charge in [-0.25, -0.2) is 0 Å². The van der Waals surface area contributed by atoms with E-state index in [1.165, 1.54) is 32.2 Å². The molecule has 0 radical (unpaired) electrons. The largest absolute Gasteiger partial charge is 0.303 e. The molecule has 2 saturated carbocycles. The molecular weight excluding hydrogens is 198 g/mol. The lowest BCUT2D eigenvalue weighted by Crippen LogP contribution is -2.38. The van der Waals surface area contributed by atoms with E-state index in [0.29, 0.717) is 11.7 Å². The summed E-state index contributed by atoms with van der Waals surface area (Å²) in [5.74, 6) is 1.81. The summed E-state index contributed by atoms with van der Waals surface area (Å²) in [5, 5.41) is 0. The second kappa shape index (κ2) is 5.81. The summed E-state index contributed by atoms with van der Waals surface area (Å²) in [6, 6.07) is 0. The van der Waals surface area contributed by atoms with E-state index >= 15 is 0 Å². The van der Waals surface area contributed by atoms with Gasteiger partial charge in [0, 0.05) is 25.4 Å². The van der Waals surface area contributed by atoms with Gasteiger partial charge in [-0.05, 0) is 38.1 Å². The van der Waals surface area contributed by atoms with Gasteiger partial charge in [0.25, 0.3) is 0 Å². The molecule has 2 rings (SSSR count). The van der Waals surface area contributed by atoms with Crippen LogP contribution in [0.2, 0.25) is 0 Å². The van der Waals surface area contributed by atoms with Crippen molar-refractivity contribution in [2.24, 2.45) is 11.8 Å². The average Bonchev–Trinajstić information content (AvgIpc) is 2.24. The SMILES string of the molecule is CCN(CC1CCC1)CC1CCCCC1=O. The van der Waals surface area contributed by atoms with Crippen LogP contribution in [0.4, 0.5) is 0 Å². The Morgan fingerprint density at radius 3 is 2.50 bits per heavy atom. The molecule has 0 saturated heterocycles. The summed E-state index contributed by atoms with van der Waals surface area (Å²) in [4.78, 5) is 14.3. The number of Topliss-reactive ketones (excluding diaryl/α,β-unsaturated/α-hetero) is 1. The number of rotatable bonds is 5. The number of ketones is 1. The third-order valence-electron chi connectivity index (χ3n) is 4.35. The summed E-state index contributed by atoms with van der Waals surface area (Å²) in [7, 11) is 0. The normalized spacial score (nSPS) is 27.1. The van der Waals surface area contributed by atoms with Crippen LogP contribution in [0.25, 0.3) is 0 Å². The standard InChI is InChI=1S/C14H25NO/c1-2-15(10-12-6-5-7-12)11-13-8-3-4-9-14(13)16/h12-13H,2-11H2,1H3. The molecule has 1 unspecified atom stereocenters. The summed E-state index contributed by atoms with van der Waals surface area (Å²) >= 11 is 0. The van der Waals surface area contributed by atoms with Crippen LogP contribution in [0.15, 0.2) is 0 Å². The Morgan fingerprint density at radius 2 is 1.94 bits per heavy atom. The summed E-state index contributed by atoms with van der Waals surface area (Å²) in [6.45, 7) is 5.61. The van der Waals surface area contributed by atoms with Gasteiger partial charge >= 0.3 is 0 Å². The first kappa shape index (κ1) is 12.1. The fraction of sp³-hybridized carbons (Fsp3) is 0.929. The van der Waals surface area contributed by atoms with Gasteiger partial charge in [0.05, 0.1) is 0 Å². The molecular formula is C14H25NO. The van der Waals surface area contributed by atoms with Crippen molar-refractivity contribution in [2.45, 2.75) is 51.9 Å². The second-order valence-electron chi connectivity index (χ2n) is 5.56. The van der Waals surface area contributed by atoms with E-state index in [1.54, 1.807) is 0 Å². The molecule has 2 fully saturated rings. The fourth-order valence-corrected chi connectivity index (χ4v) is 2.93. The molecule has 0 amide bonds. The first-order valence-corrected chi connectivity index (χ1v) is 7.04. The molecule has 1 atom stereocenters. The predicted molar refractivity (Wildman–Crippen MR) is 66.4 cm³/mol. The Kier molecular flexibility index (Phi) is 4.39. The van der Waals surface area contributed by atoms with Crippen LogP contribution >= 0.6 is 0 Å². The van der Waals surface area contributed by atoms with Crippen molar-refractivity contribution in [3.8, 4) is 0 Å². The first-order valence-electron chi connectivity index (χ1n) is 7.04. The molecule has 92 valence electrons. The summed E-state index contributed by atoms with van der Waals surface area (Å²) in [6.07, 6.45) is 8.61. The minimum Gasteiger partial charge on any atom is -0.303 e. The topological polar surface area (TPSA) is 20.3 Å². The van der Waals surface area contributed by atoms with Crippen molar-refractivity contribution >= 4 is 5.78 Å². The number of carbonyl (C=O) groups excluding carboxylic acids is 1. The highest BCUT2D eigenvalue weighted by Crippen LogP contribution is 2.28. The number of carbonyl (C=O) groups is 1. The van der Waals surface area contributed by atoms with E-state index in [-0.39, 0.29) is 0 Å². The maximum atomic E-state index is 11.8. The van der Waals surface area contributed by atoms with E-state index < -0.39 is 0 Å². The highest BCUT2D eigenvalue weighted by Gasteiger charge is 2.26. The minimum atomic E-state index is 0.355. The summed E-state index contributed by atoms with van der Waals surface area (Å²) < 4.78 is 0. The van der Waals surface area contributed by atoms with E-state index in [9.17, 15) is 4.79 Å². The van der Waals surface area contributed by atoms with Crippen LogP contribution in [-0.4, -0.2) is 30.3 Å². The fourth-order valence-electron chi connectivity index (χ4n) is 2.93. The monoisotopic (exact) mass is 223 g/mol. The van der Waals surface area contributed by atoms with Crippen LogP contribution in [-0.2, 0) is 4.79 Å². The highest BCUT2D eigenvalue weighted by molar-refractivity contribution is 5.81. The smallest absolute Gasteiger partial charge is 0.137 e. The third kappa shape index (κ3) is 3.07. The highest BCUT2D eigenvalue weighted by atomic mass is 16.1. The van der Waals surface area contributed by atoms with Crippen molar-refractivity contribution in [3.05, 3.63) is 0 Å². The Hall–Kier alpha value is -0.370. The molecule has 0 aliphatic heterocycles. The average molecular weight is 223 g/mol. The Labute approximate surface area is 99.4 Å². The van der Waals surface area contributed by atoms with Crippen molar-refractivity contribution in [1.82, 2.24) is 4.90 Å². The minimum absolute atomic E-state index is 0.355. The Morgan fingerprint density at radius 1 is 1.12 bits per heavy atom. The van der Waals surface area contributed by atoms with E-state index in [4.69, 9.17) is 0 Å². The van der Waals surface area contributed by atoms with E-state index in [1.807, 2.05) is 0 Å². The maximum absolute atomic E-state index is 11.8. The molecule has 2 aliphatic carbocycles. The van der Waals surface area contributed by atoms with Crippen molar-refractivity contribution in [2.75, 3.05) is 19.6 Å². The molecule has 2 aliphatic rings. The van der Waals surface area contributed by atoms with Gasteiger partial charge in [0.2, 0.25) is 0 Å². The van der Waals surface area contributed by atoms with Gasteiger partial charge in [-0.15, -0.1) is 0 Å². The number of hydrogen-bond donors (Lipinski definition) is 0. The molecule has 2 heteroatoms. The van der Waals surface area contributed by atoms with Crippen LogP contribution in [0.5, 0.6) is 0 Å². The molecule has 16 heavy (non-hydrogen) atoms. The molecule has 0 N–H and O–H groups in total. The molecule has 0 aromatic rings. The quantitative estimate of drug-likeness (QED) is 0.714. The Balaban J connectivity index is 1.77. The molecule has 0 aromatic carbocycles. The van der Waals surface area contributed by atoms with Crippen LogP contribution in [0, 0.1) is 11.8 Å². The van der Waals surface area contributed by atoms with Gasteiger partial charge in [-0.1, -0.05) is 19.8 Å². The Bertz CT molecular complexity index is 235. The van der Waals surface area contributed by atoms with Gasteiger partial charge in [-0.2, -0.15) is 0 Å². The zero-order valence-corrected chi connectivity index (χ0v) is 10.6. The number of nitrogens with zero attached hydrogens (tertiary/aromatic N) is 1. The van der Waals surface area contributed by atoms with Crippen LogP contribution in [0.1, 0.15) is 51.9 Å². The summed E-state index contributed by atoms with van der Waals surface area (Å²) in [5.41, 5.74) is 0. The van der Waals surface area contributed by atoms with Crippen molar-refractivity contribution < 1.29 is 4.79 Å². The van der Waals surface area contributed by atoms with Crippen LogP contribution < -0.4 is 0 Å².